The molecule has 9 N–H and O–H groups in total. The van der Waals surface area contributed by atoms with E-state index < -0.39 is 74.0 Å². The second kappa shape index (κ2) is 14.5. The highest BCUT2D eigenvalue weighted by Gasteiger charge is 2.50. The molecule has 0 bridgehead atoms. The number of rotatable bonds is 10. The summed E-state index contributed by atoms with van der Waals surface area (Å²) in [7, 11) is 0. The topological polar surface area (TPSA) is 245 Å². The van der Waals surface area contributed by atoms with Crippen LogP contribution in [0.4, 0.5) is 0 Å². The Morgan fingerprint density at radius 1 is 0.795 bits per heavy atom. The number of aromatic hydroxyl groups is 4. The number of carbonyl (C=O) groups is 1. The first kappa shape index (κ1) is 33.4. The molecular weight excluding hydrogens is 588 g/mol. The van der Waals surface area contributed by atoms with E-state index in [-0.39, 0.29) is 36.0 Å². The van der Waals surface area contributed by atoms with Crippen molar-refractivity contribution in [2.75, 3.05) is 13.2 Å². The summed E-state index contributed by atoms with van der Waals surface area (Å²) in [5.74, 6) is -2.23. The number of ether oxygens (including phenoxy) is 5. The van der Waals surface area contributed by atoms with Crippen LogP contribution in [0.25, 0.3) is 6.08 Å². The first-order valence-electron chi connectivity index (χ1n) is 13.7. The Morgan fingerprint density at radius 2 is 1.48 bits per heavy atom. The molecule has 2 saturated heterocycles. The van der Waals surface area contributed by atoms with Gasteiger partial charge in [0.1, 0.15) is 49.3 Å². The van der Waals surface area contributed by atoms with Gasteiger partial charge in [0.25, 0.3) is 0 Å². The van der Waals surface area contributed by atoms with E-state index in [9.17, 15) is 50.8 Å². The van der Waals surface area contributed by atoms with Crippen LogP contribution in [0.1, 0.15) is 18.1 Å². The molecule has 0 spiro atoms. The molecule has 2 aromatic carbocycles. The minimum absolute atomic E-state index is 0.0754. The lowest BCUT2D eigenvalue weighted by Gasteiger charge is -2.45. The van der Waals surface area contributed by atoms with Gasteiger partial charge in [-0.05, 0) is 54.8 Å². The Bertz CT molecular complexity index is 1300. The molecule has 0 aromatic heterocycles. The van der Waals surface area contributed by atoms with Crippen LogP contribution in [-0.2, 0) is 34.9 Å². The van der Waals surface area contributed by atoms with E-state index in [1.807, 2.05) is 0 Å². The zero-order valence-electron chi connectivity index (χ0n) is 23.5. The molecule has 4 rings (SSSR count). The smallest absolute Gasteiger partial charge is 0.330 e. The number of phenols is 4. The predicted molar refractivity (Wildman–Crippen MR) is 147 cm³/mol. The molecule has 10 atom stereocenters. The summed E-state index contributed by atoms with van der Waals surface area (Å²) in [4.78, 5) is 12.4. The molecule has 2 aliphatic heterocycles. The van der Waals surface area contributed by atoms with Gasteiger partial charge in [-0.2, -0.15) is 0 Å². The van der Waals surface area contributed by atoms with Crippen LogP contribution in [0.3, 0.4) is 0 Å². The maximum Gasteiger partial charge on any atom is 0.330 e. The third-order valence-corrected chi connectivity index (χ3v) is 7.26. The maximum atomic E-state index is 12.4. The van der Waals surface area contributed by atoms with E-state index in [0.29, 0.717) is 11.1 Å². The SMILES string of the molecule is C[C@H]1O[C@H](O[C@@H]2[C@@H](O)[C@H](OCCc3ccc(O)c(O)c3)O[C@H](COC(=O)/C=C/c3ccc(O)c(O)c3)[C@H]2O)[C@@H](O)[C@@H](O)[C@@H]1O. The van der Waals surface area contributed by atoms with Gasteiger partial charge in [0.15, 0.2) is 35.6 Å². The predicted octanol–water partition coefficient (Wildman–Crippen LogP) is -1.02. The normalized spacial score (nSPS) is 32.5. The Kier molecular flexibility index (Phi) is 11.0. The van der Waals surface area contributed by atoms with Crippen LogP contribution >= 0.6 is 0 Å². The highest BCUT2D eigenvalue weighted by molar-refractivity contribution is 5.87. The Labute approximate surface area is 251 Å². The standard InChI is InChI=1S/C29H36O15/c1-13-22(35)24(37)25(38)29(42-13)44-27-23(36)20(12-41-21(34)7-4-14-2-5-16(30)18(32)10-14)43-28(26(27)39)40-9-8-15-3-6-17(31)19(33)11-15/h2-7,10-11,13,20,22-33,35-39H,8-9,12H2,1H3/b7-4+/t13-,20-,22-,23-,24+,25+,26-,27+,28-,29-/m1/s1. The van der Waals surface area contributed by atoms with Crippen molar-refractivity contribution in [3.8, 4) is 23.0 Å². The van der Waals surface area contributed by atoms with E-state index in [1.54, 1.807) is 6.07 Å². The van der Waals surface area contributed by atoms with Gasteiger partial charge < -0.3 is 69.6 Å². The van der Waals surface area contributed by atoms with Crippen molar-refractivity contribution in [1.82, 2.24) is 0 Å². The molecule has 44 heavy (non-hydrogen) atoms. The number of benzene rings is 2. The minimum Gasteiger partial charge on any atom is -0.504 e. The number of aliphatic hydroxyl groups excluding tert-OH is 5. The molecule has 0 saturated carbocycles. The second-order valence-corrected chi connectivity index (χ2v) is 10.5. The lowest BCUT2D eigenvalue weighted by molar-refractivity contribution is -0.357. The minimum atomic E-state index is -1.74. The van der Waals surface area contributed by atoms with Gasteiger partial charge in [-0.25, -0.2) is 4.79 Å². The molecule has 0 aliphatic carbocycles. The van der Waals surface area contributed by atoms with E-state index in [4.69, 9.17) is 23.7 Å². The monoisotopic (exact) mass is 624 g/mol. The lowest BCUT2D eigenvalue weighted by Crippen LogP contribution is -2.64. The maximum absolute atomic E-state index is 12.4. The second-order valence-electron chi connectivity index (χ2n) is 10.5. The van der Waals surface area contributed by atoms with Gasteiger partial charge in [0.05, 0.1) is 12.7 Å². The van der Waals surface area contributed by atoms with E-state index in [1.165, 1.54) is 43.3 Å². The van der Waals surface area contributed by atoms with Gasteiger partial charge in [-0.3, -0.25) is 0 Å². The number of hydrogen-bond donors (Lipinski definition) is 9. The van der Waals surface area contributed by atoms with Gasteiger partial charge in [-0.15, -0.1) is 0 Å². The number of aliphatic hydroxyl groups is 5. The van der Waals surface area contributed by atoms with Crippen molar-refractivity contribution in [1.29, 1.82) is 0 Å². The van der Waals surface area contributed by atoms with Gasteiger partial charge in [0, 0.05) is 6.08 Å². The highest BCUT2D eigenvalue weighted by Crippen LogP contribution is 2.31. The average molecular weight is 625 g/mol. The summed E-state index contributed by atoms with van der Waals surface area (Å²) in [6.07, 6.45) is -12.5. The van der Waals surface area contributed by atoms with Gasteiger partial charge in [-0.1, -0.05) is 12.1 Å². The third kappa shape index (κ3) is 7.95. The molecule has 15 heteroatoms. The zero-order chi connectivity index (χ0) is 32.1. The van der Waals surface area contributed by atoms with Crippen LogP contribution in [0, 0.1) is 0 Å². The van der Waals surface area contributed by atoms with Crippen molar-refractivity contribution in [3.05, 3.63) is 53.6 Å². The van der Waals surface area contributed by atoms with Gasteiger partial charge in [0.2, 0.25) is 0 Å². The number of phenolic OH excluding ortho intramolecular Hbond substituents is 4. The first-order valence-corrected chi connectivity index (χ1v) is 13.7. The zero-order valence-corrected chi connectivity index (χ0v) is 23.5. The quantitative estimate of drug-likeness (QED) is 0.0873. The molecule has 2 fully saturated rings. The molecule has 0 amide bonds. The number of esters is 1. The molecule has 2 heterocycles. The fourth-order valence-corrected chi connectivity index (χ4v) is 4.66. The van der Waals surface area contributed by atoms with Crippen LogP contribution in [0.5, 0.6) is 23.0 Å². The number of hydrogen-bond acceptors (Lipinski definition) is 15. The summed E-state index contributed by atoms with van der Waals surface area (Å²) >= 11 is 0. The molecule has 0 unspecified atom stereocenters. The van der Waals surface area contributed by atoms with Crippen molar-refractivity contribution in [3.63, 3.8) is 0 Å². The molecule has 15 nitrogen and oxygen atoms in total. The highest BCUT2D eigenvalue weighted by atomic mass is 16.7. The van der Waals surface area contributed by atoms with Crippen LogP contribution in [-0.4, -0.2) is 127 Å². The third-order valence-electron chi connectivity index (χ3n) is 7.26. The Hall–Kier alpha value is -3.51. The van der Waals surface area contributed by atoms with E-state index in [2.05, 4.69) is 0 Å². The van der Waals surface area contributed by atoms with Gasteiger partial charge >= 0.3 is 5.97 Å². The average Bonchev–Trinajstić information content (AvgIpc) is 2.99. The molecule has 2 aromatic rings. The molecule has 2 aliphatic rings. The largest absolute Gasteiger partial charge is 0.504 e. The molecular formula is C29H36O15. The number of carbonyl (C=O) groups excluding carboxylic acids is 1. The van der Waals surface area contributed by atoms with Crippen LogP contribution < -0.4 is 0 Å². The Balaban J connectivity index is 1.44. The van der Waals surface area contributed by atoms with Crippen molar-refractivity contribution in [2.45, 2.75) is 74.8 Å². The summed E-state index contributed by atoms with van der Waals surface area (Å²) < 4.78 is 27.7. The van der Waals surface area contributed by atoms with Crippen LogP contribution in [0.2, 0.25) is 0 Å². The molecule has 0 radical (unpaired) electrons. The summed E-state index contributed by atoms with van der Waals surface area (Å²) in [5.41, 5.74) is 0.962. The van der Waals surface area contributed by atoms with Crippen molar-refractivity contribution >= 4 is 12.0 Å². The van der Waals surface area contributed by atoms with Crippen molar-refractivity contribution in [2.24, 2.45) is 0 Å². The molecule has 242 valence electrons. The summed E-state index contributed by atoms with van der Waals surface area (Å²) in [6, 6.07) is 8.05. The lowest BCUT2D eigenvalue weighted by atomic mass is 9.97. The van der Waals surface area contributed by atoms with E-state index in [0.717, 1.165) is 6.08 Å². The van der Waals surface area contributed by atoms with E-state index >= 15 is 0 Å². The fourth-order valence-electron chi connectivity index (χ4n) is 4.66. The summed E-state index contributed by atoms with van der Waals surface area (Å²) in [5, 5.41) is 90.8. The van der Waals surface area contributed by atoms with Crippen LogP contribution in [0.15, 0.2) is 42.5 Å². The summed E-state index contributed by atoms with van der Waals surface area (Å²) in [6.45, 7) is 0.804. The fraction of sp³-hybridized carbons (Fsp3) is 0.483. The Morgan fingerprint density at radius 3 is 2.16 bits per heavy atom. The first-order chi connectivity index (χ1) is 20.8. The van der Waals surface area contributed by atoms with Crippen molar-refractivity contribution < 1.29 is 74.4 Å².